The van der Waals surface area contributed by atoms with Gasteiger partial charge in [-0.05, 0) is 125 Å². The predicted molar refractivity (Wildman–Crippen MR) is 222 cm³/mol. The number of ether oxygens (including phenoxy) is 2. The highest BCUT2D eigenvalue weighted by atomic mass is 32.2. The van der Waals surface area contributed by atoms with Crippen molar-refractivity contribution in [2.45, 2.75) is 127 Å². The van der Waals surface area contributed by atoms with Crippen molar-refractivity contribution < 1.29 is 31.9 Å². The number of sulfone groups is 1. The van der Waals surface area contributed by atoms with Crippen LogP contribution < -0.4 is 10.4 Å². The molecule has 1 unspecified atom stereocenters. The summed E-state index contributed by atoms with van der Waals surface area (Å²) in [5.74, 6) is -1.02. The summed E-state index contributed by atoms with van der Waals surface area (Å²) in [7, 11) is -6.42. The topological polar surface area (TPSA) is 96.0 Å². The van der Waals surface area contributed by atoms with Crippen LogP contribution in [0.4, 0.5) is 0 Å². The van der Waals surface area contributed by atoms with Crippen LogP contribution in [0.5, 0.6) is 0 Å². The summed E-state index contributed by atoms with van der Waals surface area (Å²) < 4.78 is 48.5. The van der Waals surface area contributed by atoms with Crippen molar-refractivity contribution in [3.05, 3.63) is 60.7 Å². The molecule has 8 atom stereocenters. The van der Waals surface area contributed by atoms with Crippen molar-refractivity contribution in [1.82, 2.24) is 0 Å². The van der Waals surface area contributed by atoms with E-state index in [0.717, 1.165) is 0 Å². The van der Waals surface area contributed by atoms with E-state index in [2.05, 4.69) is 90.1 Å². The second-order valence-corrected chi connectivity index (χ2v) is 26.4. The van der Waals surface area contributed by atoms with Gasteiger partial charge in [-0.3, -0.25) is 9.59 Å². The van der Waals surface area contributed by atoms with Gasteiger partial charge in [-0.1, -0.05) is 102 Å². The van der Waals surface area contributed by atoms with Crippen LogP contribution in [0, 0.1) is 52.3 Å². The Hall–Kier alpha value is -2.49. The number of fused-ring (bicyclic) bond motifs is 2. The van der Waals surface area contributed by atoms with Gasteiger partial charge in [0, 0.05) is 6.10 Å². The Morgan fingerprint density at radius 2 is 1.24 bits per heavy atom. The Labute approximate surface area is 328 Å². The van der Waals surface area contributed by atoms with Gasteiger partial charge in [-0.15, -0.1) is 0 Å². The highest BCUT2D eigenvalue weighted by molar-refractivity contribution is 7.91. The molecule has 0 aromatic heterocycles. The molecule has 1 aliphatic heterocycles. The maximum atomic E-state index is 14.2. The van der Waals surface area contributed by atoms with Crippen LogP contribution in [0.1, 0.15) is 109 Å². The second kappa shape index (κ2) is 16.9. The Kier molecular flexibility index (Phi) is 13.9. The highest BCUT2D eigenvalue weighted by Gasteiger charge is 2.55. The molecule has 1 aliphatic carbocycles. The molecule has 0 radical (unpaired) electrons. The summed E-state index contributed by atoms with van der Waals surface area (Å²) in [4.78, 5) is 26.5. The smallest absolute Gasteiger partial charge is 0.311 e. The van der Waals surface area contributed by atoms with E-state index in [9.17, 15) is 18.0 Å². The van der Waals surface area contributed by atoms with Crippen LogP contribution >= 0.6 is 0 Å². The minimum Gasteiger partial charge on any atom is -0.465 e. The maximum absolute atomic E-state index is 14.2. The second-order valence-electron chi connectivity index (χ2n) is 20.0. The fourth-order valence-corrected chi connectivity index (χ4v) is 16.5. The lowest BCUT2D eigenvalue weighted by atomic mass is 9.59. The van der Waals surface area contributed by atoms with Crippen LogP contribution in [0.3, 0.4) is 0 Å². The van der Waals surface area contributed by atoms with E-state index in [4.69, 9.17) is 13.9 Å². The van der Waals surface area contributed by atoms with Crippen LogP contribution in [-0.4, -0.2) is 59.0 Å². The Morgan fingerprint density at radius 3 is 1.70 bits per heavy atom. The molecule has 2 aliphatic rings. The van der Waals surface area contributed by atoms with E-state index in [-0.39, 0.29) is 82.6 Å². The van der Waals surface area contributed by atoms with Gasteiger partial charge >= 0.3 is 11.9 Å². The molecule has 1 heterocycles. The lowest BCUT2D eigenvalue weighted by Gasteiger charge is -2.52. The molecule has 4 rings (SSSR count). The number of esters is 2. The fraction of sp³-hybridized carbons (Fsp3) is 0.689. The van der Waals surface area contributed by atoms with Gasteiger partial charge in [0.1, 0.15) is 0 Å². The average Bonchev–Trinajstić information content (AvgIpc) is 3.07. The third-order valence-electron chi connectivity index (χ3n) is 12.1. The van der Waals surface area contributed by atoms with Crippen LogP contribution in [0.2, 0.25) is 5.04 Å². The fourth-order valence-electron chi connectivity index (χ4n) is 9.34. The van der Waals surface area contributed by atoms with Crippen LogP contribution in [0.15, 0.2) is 60.7 Å². The van der Waals surface area contributed by atoms with Gasteiger partial charge in [0.2, 0.25) is 0 Å². The molecule has 2 aromatic rings. The Balaban J connectivity index is 1.93. The van der Waals surface area contributed by atoms with Crippen molar-refractivity contribution in [2.75, 3.05) is 18.1 Å². The molecule has 7 nitrogen and oxygen atoms in total. The number of rotatable bonds is 10. The van der Waals surface area contributed by atoms with E-state index >= 15 is 0 Å². The van der Waals surface area contributed by atoms with Crippen molar-refractivity contribution in [3.63, 3.8) is 0 Å². The summed E-state index contributed by atoms with van der Waals surface area (Å²) in [5.41, 5.74) is -1.34. The molecular formula is C45H70O7SSi. The molecular weight excluding hydrogens is 713 g/mol. The predicted octanol–water partition coefficient (Wildman–Crippen LogP) is 8.48. The zero-order valence-electron chi connectivity index (χ0n) is 35.5. The number of carbonyl (C=O) groups excluding carboxylic acids is 2. The van der Waals surface area contributed by atoms with E-state index in [1.165, 1.54) is 10.4 Å². The lowest BCUT2D eigenvalue weighted by Crippen LogP contribution is -2.68. The summed E-state index contributed by atoms with van der Waals surface area (Å²) in [5, 5.41) is 2.17. The van der Waals surface area contributed by atoms with Gasteiger partial charge in [0.05, 0.1) is 35.0 Å². The third kappa shape index (κ3) is 10.3. The summed E-state index contributed by atoms with van der Waals surface area (Å²) in [6.07, 6.45) is 1.27. The first-order valence-corrected chi connectivity index (χ1v) is 24.0. The van der Waals surface area contributed by atoms with Gasteiger partial charge < -0.3 is 13.9 Å². The first-order chi connectivity index (χ1) is 24.9. The zero-order chi connectivity index (χ0) is 40.4. The molecule has 302 valence electrons. The molecule has 2 bridgehead atoms. The first kappa shape index (κ1) is 44.2. The van der Waals surface area contributed by atoms with Crippen molar-refractivity contribution in [2.24, 2.45) is 52.3 Å². The standard InChI is InChI=1S/C45H70O7SSi/c1-30(2)40-29-53(48,49)28-31(3)36-25-33(52-54(45(11,12)13,34-20-16-14-17-21-34)35-22-18-15-19-23-35)26-38(39(36)27-50-41(46)43(5,6)7)37(40)24-32(4)51-42(47)44(8,9)10/h14-23,30-33,36-40H,24-29H2,1-13H3/t31-,32?,33-,36+,37-,38-,39+,40-/m1/s1. The average molecular weight is 783 g/mol. The van der Waals surface area contributed by atoms with E-state index in [1.807, 2.05) is 60.6 Å². The van der Waals surface area contributed by atoms with Gasteiger partial charge in [0.25, 0.3) is 8.32 Å². The largest absolute Gasteiger partial charge is 0.465 e. The first-order valence-electron chi connectivity index (χ1n) is 20.2. The number of hydrogen-bond donors (Lipinski definition) is 0. The van der Waals surface area contributed by atoms with E-state index in [1.54, 1.807) is 0 Å². The molecule has 0 amide bonds. The summed E-state index contributed by atoms with van der Waals surface area (Å²) in [6, 6.07) is 21.3. The Bertz CT molecular complexity index is 1610. The minimum atomic E-state index is -3.45. The van der Waals surface area contributed by atoms with Gasteiger partial charge in [0.15, 0.2) is 9.84 Å². The molecule has 9 heteroatoms. The Morgan fingerprint density at radius 1 is 0.741 bits per heavy atom. The third-order valence-corrected chi connectivity index (χ3v) is 19.1. The van der Waals surface area contributed by atoms with E-state index < -0.39 is 35.1 Å². The van der Waals surface area contributed by atoms with E-state index in [0.29, 0.717) is 19.3 Å². The molecule has 2 fully saturated rings. The lowest BCUT2D eigenvalue weighted by molar-refractivity contribution is -0.162. The number of carbonyl (C=O) groups is 2. The number of benzene rings is 2. The summed E-state index contributed by atoms with van der Waals surface area (Å²) >= 11 is 0. The summed E-state index contributed by atoms with van der Waals surface area (Å²) in [6.45, 7) is 26.5. The van der Waals surface area contributed by atoms with Gasteiger partial charge in [-0.2, -0.15) is 0 Å². The van der Waals surface area contributed by atoms with Crippen LogP contribution in [0.25, 0.3) is 0 Å². The molecule has 2 aromatic carbocycles. The normalized spacial score (nSPS) is 27.3. The quantitative estimate of drug-likeness (QED) is 0.176. The number of hydrogen-bond acceptors (Lipinski definition) is 7. The maximum Gasteiger partial charge on any atom is 0.311 e. The molecule has 1 saturated heterocycles. The molecule has 0 N–H and O–H groups in total. The molecule has 54 heavy (non-hydrogen) atoms. The SMILES string of the molecule is CC(C[C@@H]1[C@H]2C[C@H](O[Si](c3ccccc3)(c3ccccc3)C(C)(C)C)C[C@H]([C@@H]2COC(=O)C(C)(C)C)[C@H](C)CS(=O)(=O)C[C@@H]1C(C)C)OC(=O)C(C)(C)C. The van der Waals surface area contributed by atoms with Crippen molar-refractivity contribution >= 4 is 40.5 Å². The highest BCUT2D eigenvalue weighted by Crippen LogP contribution is 2.51. The molecule has 0 spiro atoms. The monoisotopic (exact) mass is 782 g/mol. The van der Waals surface area contributed by atoms with Gasteiger partial charge in [-0.25, -0.2) is 8.42 Å². The van der Waals surface area contributed by atoms with Crippen molar-refractivity contribution in [3.8, 4) is 0 Å². The van der Waals surface area contributed by atoms with Crippen molar-refractivity contribution in [1.29, 1.82) is 0 Å². The molecule has 1 saturated carbocycles. The van der Waals surface area contributed by atoms with Crippen LogP contribution in [-0.2, 0) is 33.3 Å². The minimum absolute atomic E-state index is 0.0429. The zero-order valence-corrected chi connectivity index (χ0v) is 37.3.